The van der Waals surface area contributed by atoms with Crippen molar-refractivity contribution in [3.05, 3.63) is 63.9 Å². The van der Waals surface area contributed by atoms with Crippen molar-refractivity contribution in [2.24, 2.45) is 5.92 Å². The van der Waals surface area contributed by atoms with Crippen LogP contribution in [-0.4, -0.2) is 22.0 Å². The Bertz CT molecular complexity index is 1010. The van der Waals surface area contributed by atoms with Crippen molar-refractivity contribution in [2.45, 2.75) is 58.9 Å². The van der Waals surface area contributed by atoms with Crippen LogP contribution in [0, 0.1) is 5.92 Å². The van der Waals surface area contributed by atoms with Crippen molar-refractivity contribution in [1.82, 2.24) is 14.9 Å². The molecular weight excluding hydrogens is 429 g/mol. The maximum absolute atomic E-state index is 12.1. The molecule has 1 heterocycles. The minimum Gasteiger partial charge on any atom is -0.356 e. The summed E-state index contributed by atoms with van der Waals surface area (Å²) in [5.41, 5.74) is 3.24. The summed E-state index contributed by atoms with van der Waals surface area (Å²) in [4.78, 5) is 17.0. The third kappa shape index (κ3) is 6.24. The zero-order valence-electron chi connectivity index (χ0n) is 18.3. The van der Waals surface area contributed by atoms with Gasteiger partial charge in [0.15, 0.2) is 0 Å². The Hall–Kier alpha value is -2.04. The summed E-state index contributed by atoms with van der Waals surface area (Å²) in [7, 11) is 0. The van der Waals surface area contributed by atoms with Crippen LogP contribution in [0.1, 0.15) is 57.3 Å². The van der Waals surface area contributed by atoms with Crippen LogP contribution in [0.2, 0.25) is 10.0 Å². The Kier molecular flexibility index (Phi) is 8.79. The lowest BCUT2D eigenvalue weighted by Crippen LogP contribution is -2.30. The topological polar surface area (TPSA) is 46.9 Å². The first-order valence-electron chi connectivity index (χ1n) is 11.2. The maximum Gasteiger partial charge on any atom is 0.223 e. The van der Waals surface area contributed by atoms with E-state index in [4.69, 9.17) is 28.2 Å². The van der Waals surface area contributed by atoms with Gasteiger partial charge in [0.1, 0.15) is 5.82 Å². The Morgan fingerprint density at radius 2 is 1.81 bits per heavy atom. The van der Waals surface area contributed by atoms with E-state index in [-0.39, 0.29) is 11.8 Å². The lowest BCUT2D eigenvalue weighted by Gasteiger charge is -2.13. The number of imidazole rings is 1. The molecule has 6 heteroatoms. The minimum atomic E-state index is 0.140. The zero-order valence-corrected chi connectivity index (χ0v) is 19.8. The van der Waals surface area contributed by atoms with Crippen LogP contribution < -0.4 is 5.32 Å². The second-order valence-electron chi connectivity index (χ2n) is 7.97. The average molecular weight is 460 g/mol. The van der Waals surface area contributed by atoms with Gasteiger partial charge >= 0.3 is 0 Å². The van der Waals surface area contributed by atoms with Gasteiger partial charge in [-0.15, -0.1) is 0 Å². The molecule has 0 atom stereocenters. The van der Waals surface area contributed by atoms with Crippen LogP contribution in [0.3, 0.4) is 0 Å². The molecular formula is C25H31Cl2N3O. The van der Waals surface area contributed by atoms with E-state index in [0.717, 1.165) is 67.5 Å². The molecule has 0 unspecified atom stereocenters. The molecule has 0 aliphatic rings. The van der Waals surface area contributed by atoms with Crippen molar-refractivity contribution < 1.29 is 4.79 Å². The summed E-state index contributed by atoms with van der Waals surface area (Å²) in [6.45, 7) is 5.59. The smallest absolute Gasteiger partial charge is 0.223 e. The van der Waals surface area contributed by atoms with E-state index in [1.54, 1.807) is 0 Å². The van der Waals surface area contributed by atoms with Crippen molar-refractivity contribution in [1.29, 1.82) is 0 Å². The minimum absolute atomic E-state index is 0.140. The third-order valence-electron chi connectivity index (χ3n) is 5.79. The Balaban J connectivity index is 1.60. The second kappa shape index (κ2) is 11.5. The highest BCUT2D eigenvalue weighted by Gasteiger charge is 2.13. The molecule has 1 amide bonds. The number of aryl methyl sites for hydroxylation is 1. The maximum atomic E-state index is 12.1. The fourth-order valence-electron chi connectivity index (χ4n) is 3.91. The van der Waals surface area contributed by atoms with Gasteiger partial charge < -0.3 is 9.88 Å². The van der Waals surface area contributed by atoms with Crippen molar-refractivity contribution in [3.63, 3.8) is 0 Å². The van der Waals surface area contributed by atoms with E-state index in [1.807, 2.05) is 30.3 Å². The van der Waals surface area contributed by atoms with Gasteiger partial charge in [-0.2, -0.15) is 0 Å². The van der Waals surface area contributed by atoms with Gasteiger partial charge in [-0.3, -0.25) is 4.79 Å². The number of fused-ring (bicyclic) bond motifs is 1. The Labute approximate surface area is 195 Å². The van der Waals surface area contributed by atoms with Crippen molar-refractivity contribution in [2.75, 3.05) is 6.54 Å². The van der Waals surface area contributed by atoms with Gasteiger partial charge in [0.2, 0.25) is 5.91 Å². The largest absolute Gasteiger partial charge is 0.356 e. The first-order chi connectivity index (χ1) is 15.0. The molecule has 0 radical (unpaired) electrons. The van der Waals surface area contributed by atoms with E-state index in [0.29, 0.717) is 16.6 Å². The molecule has 0 saturated heterocycles. The lowest BCUT2D eigenvalue weighted by atomic mass is 10.0. The summed E-state index contributed by atoms with van der Waals surface area (Å²) in [5.74, 6) is 1.41. The number of nitrogens with zero attached hydrogens (tertiary/aromatic N) is 2. The van der Waals surface area contributed by atoms with Gasteiger partial charge in [-0.1, -0.05) is 61.7 Å². The molecule has 0 aliphatic carbocycles. The van der Waals surface area contributed by atoms with Gasteiger partial charge in [0.25, 0.3) is 0 Å². The molecule has 1 N–H and O–H groups in total. The fourth-order valence-corrected chi connectivity index (χ4v) is 4.23. The van der Waals surface area contributed by atoms with E-state index in [9.17, 15) is 4.79 Å². The SMILES string of the molecule is CCC(CC)C(=O)NCCCCCc1nc2ccccc2n1Cc1ccc(Cl)c(Cl)c1. The summed E-state index contributed by atoms with van der Waals surface area (Å²) >= 11 is 12.3. The lowest BCUT2D eigenvalue weighted by molar-refractivity contribution is -0.125. The zero-order chi connectivity index (χ0) is 22.2. The molecule has 0 fully saturated rings. The monoisotopic (exact) mass is 459 g/mol. The summed E-state index contributed by atoms with van der Waals surface area (Å²) in [6.07, 6.45) is 5.77. The quantitative estimate of drug-likeness (QED) is 0.326. The number of hydrogen-bond donors (Lipinski definition) is 1. The summed E-state index contributed by atoms with van der Waals surface area (Å²) in [6, 6.07) is 14.0. The number of hydrogen-bond acceptors (Lipinski definition) is 2. The molecule has 31 heavy (non-hydrogen) atoms. The number of benzene rings is 2. The fraction of sp³-hybridized carbons (Fsp3) is 0.440. The van der Waals surface area contributed by atoms with Crippen molar-refractivity contribution in [3.8, 4) is 0 Å². The van der Waals surface area contributed by atoms with Crippen LogP contribution in [-0.2, 0) is 17.8 Å². The predicted octanol–water partition coefficient (Wildman–Crippen LogP) is 6.66. The van der Waals surface area contributed by atoms with Crippen LogP contribution in [0.15, 0.2) is 42.5 Å². The van der Waals surface area contributed by atoms with Crippen molar-refractivity contribution >= 4 is 40.1 Å². The van der Waals surface area contributed by atoms with E-state index in [2.05, 4.69) is 35.9 Å². The molecule has 0 saturated carbocycles. The number of para-hydroxylation sites is 2. The van der Waals surface area contributed by atoms with Gasteiger partial charge in [-0.05, 0) is 55.5 Å². The molecule has 4 nitrogen and oxygen atoms in total. The highest BCUT2D eigenvalue weighted by Crippen LogP contribution is 2.25. The molecule has 166 valence electrons. The van der Waals surface area contributed by atoms with Gasteiger partial charge in [-0.25, -0.2) is 4.98 Å². The Morgan fingerprint density at radius 3 is 2.55 bits per heavy atom. The number of aromatic nitrogens is 2. The number of carbonyl (C=O) groups is 1. The molecule has 3 rings (SSSR count). The second-order valence-corrected chi connectivity index (χ2v) is 8.78. The van der Waals surface area contributed by atoms with E-state index < -0.39 is 0 Å². The van der Waals surface area contributed by atoms with Gasteiger partial charge in [0.05, 0.1) is 21.1 Å². The van der Waals surface area contributed by atoms with Crippen LogP contribution in [0.25, 0.3) is 11.0 Å². The number of rotatable bonds is 11. The standard InChI is InChI=1S/C25H31Cl2N3O/c1-3-19(4-2)25(31)28-15-9-5-6-12-24-29-22-10-7-8-11-23(22)30(24)17-18-13-14-20(26)21(27)16-18/h7-8,10-11,13-14,16,19H,3-6,9,12,15,17H2,1-2H3,(H,28,31). The molecule has 3 aromatic rings. The molecule has 2 aromatic carbocycles. The normalized spacial score (nSPS) is 11.4. The number of nitrogens with one attached hydrogen (secondary N) is 1. The average Bonchev–Trinajstić information content (AvgIpc) is 3.11. The number of amides is 1. The number of carbonyl (C=O) groups excluding carboxylic acids is 1. The Morgan fingerprint density at radius 1 is 1.03 bits per heavy atom. The van der Waals surface area contributed by atoms with E-state index >= 15 is 0 Å². The van der Waals surface area contributed by atoms with Crippen LogP contribution >= 0.6 is 23.2 Å². The first-order valence-corrected chi connectivity index (χ1v) is 11.9. The summed E-state index contributed by atoms with van der Waals surface area (Å²) in [5, 5.41) is 4.21. The van der Waals surface area contributed by atoms with E-state index in [1.165, 1.54) is 0 Å². The van der Waals surface area contributed by atoms with Crippen LogP contribution in [0.5, 0.6) is 0 Å². The third-order valence-corrected chi connectivity index (χ3v) is 6.53. The summed E-state index contributed by atoms with van der Waals surface area (Å²) < 4.78 is 2.27. The number of halogens is 2. The van der Waals surface area contributed by atoms with Gasteiger partial charge in [0, 0.05) is 25.4 Å². The molecule has 0 aliphatic heterocycles. The highest BCUT2D eigenvalue weighted by molar-refractivity contribution is 6.42. The highest BCUT2D eigenvalue weighted by atomic mass is 35.5. The first kappa shape index (κ1) is 23.6. The molecule has 0 bridgehead atoms. The predicted molar refractivity (Wildman–Crippen MR) is 130 cm³/mol. The van der Waals surface area contributed by atoms with Crippen LogP contribution in [0.4, 0.5) is 0 Å². The molecule has 0 spiro atoms. The molecule has 1 aromatic heterocycles. The number of unbranched alkanes of at least 4 members (excludes halogenated alkanes) is 2.